The number of imidazole rings is 1. The molecule has 1 fully saturated rings. The predicted octanol–water partition coefficient (Wildman–Crippen LogP) is 5.72. The van der Waals surface area contributed by atoms with Crippen molar-refractivity contribution >= 4 is 28.2 Å². The van der Waals surface area contributed by atoms with Gasteiger partial charge in [-0.3, -0.25) is 0 Å². The second kappa shape index (κ2) is 9.01. The van der Waals surface area contributed by atoms with Gasteiger partial charge in [0.05, 0.1) is 16.1 Å². The van der Waals surface area contributed by atoms with Crippen molar-refractivity contribution in [2.45, 2.75) is 44.1 Å². The maximum Gasteiger partial charge on any atom is 0.107 e. The van der Waals surface area contributed by atoms with Gasteiger partial charge < -0.3 is 15.0 Å². The molecule has 0 saturated heterocycles. The molecule has 1 heterocycles. The van der Waals surface area contributed by atoms with Crippen molar-refractivity contribution in [3.63, 3.8) is 0 Å². The highest BCUT2D eigenvalue weighted by atomic mass is 35.5. The van der Waals surface area contributed by atoms with Crippen LogP contribution in [0.3, 0.4) is 0 Å². The zero-order valence-electron chi connectivity index (χ0n) is 18.7. The minimum Gasteiger partial charge on any atom is -0.389 e. The van der Waals surface area contributed by atoms with E-state index in [0.29, 0.717) is 10.9 Å². The van der Waals surface area contributed by atoms with E-state index in [1.54, 1.807) is 0 Å². The van der Waals surface area contributed by atoms with Gasteiger partial charge in [0.25, 0.3) is 0 Å². The standard InChI is InChI=1S/C27H32ClN3O/c1-31(15-6-11-25-29-24-10-5-9-23(28)26(24)30-25)16-14-27(32)18-20-12-13-21(27)17-22(20)19-7-3-2-4-8-19/h2-5,7-10,17,20-21,32H,6,11-16,18H2,1H3,(H,29,30). The molecule has 3 atom stereocenters. The third kappa shape index (κ3) is 4.36. The Labute approximate surface area is 195 Å². The molecule has 0 radical (unpaired) electrons. The Kier molecular flexibility index (Phi) is 6.11. The van der Waals surface area contributed by atoms with Crippen LogP contribution in [0.1, 0.15) is 43.5 Å². The molecular formula is C27H32ClN3O. The number of hydrogen-bond donors (Lipinski definition) is 2. The van der Waals surface area contributed by atoms with Crippen LogP contribution in [0.4, 0.5) is 0 Å². The lowest BCUT2D eigenvalue weighted by Gasteiger charge is -2.48. The summed E-state index contributed by atoms with van der Waals surface area (Å²) in [4.78, 5) is 10.4. The van der Waals surface area contributed by atoms with Crippen LogP contribution in [0.2, 0.25) is 5.02 Å². The summed E-state index contributed by atoms with van der Waals surface area (Å²) in [6, 6.07) is 16.5. The SMILES string of the molecule is CN(CCCc1nc2c(Cl)cccc2[nH]1)CCC1(O)CC2CCC1C=C2c1ccccc1. The van der Waals surface area contributed by atoms with Crippen LogP contribution in [0, 0.1) is 11.8 Å². The molecule has 32 heavy (non-hydrogen) atoms. The van der Waals surface area contributed by atoms with Gasteiger partial charge in [0.15, 0.2) is 0 Å². The molecule has 3 aliphatic rings. The fraction of sp³-hybridized carbons (Fsp3) is 0.444. The lowest BCUT2D eigenvalue weighted by atomic mass is 9.61. The monoisotopic (exact) mass is 449 g/mol. The highest BCUT2D eigenvalue weighted by molar-refractivity contribution is 6.34. The lowest BCUT2D eigenvalue weighted by Crippen LogP contribution is -2.48. The number of para-hydroxylation sites is 1. The van der Waals surface area contributed by atoms with Gasteiger partial charge in [-0.25, -0.2) is 4.98 Å². The summed E-state index contributed by atoms with van der Waals surface area (Å²) >= 11 is 6.24. The first kappa shape index (κ1) is 21.7. The van der Waals surface area contributed by atoms with Crippen molar-refractivity contribution in [2.75, 3.05) is 20.1 Å². The third-order valence-corrected chi connectivity index (χ3v) is 7.74. The third-order valence-electron chi connectivity index (χ3n) is 7.44. The Balaban J connectivity index is 1.13. The summed E-state index contributed by atoms with van der Waals surface area (Å²) in [5.41, 5.74) is 4.07. The number of aliphatic hydroxyl groups is 1. The number of allylic oxidation sites excluding steroid dienone is 1. The molecule has 4 nitrogen and oxygen atoms in total. The molecule has 0 spiro atoms. The number of H-pyrrole nitrogens is 1. The van der Waals surface area contributed by atoms with Crippen molar-refractivity contribution in [1.29, 1.82) is 0 Å². The van der Waals surface area contributed by atoms with Crippen molar-refractivity contribution in [1.82, 2.24) is 14.9 Å². The number of nitrogens with zero attached hydrogens (tertiary/aromatic N) is 2. The molecule has 2 aromatic carbocycles. The summed E-state index contributed by atoms with van der Waals surface area (Å²) in [6.07, 6.45) is 8.33. The van der Waals surface area contributed by atoms with Crippen LogP contribution in [-0.4, -0.2) is 45.7 Å². The van der Waals surface area contributed by atoms with E-state index in [-0.39, 0.29) is 5.92 Å². The molecule has 0 aliphatic heterocycles. The first-order valence-electron chi connectivity index (χ1n) is 11.8. The Hall–Kier alpha value is -2.14. The fourth-order valence-electron chi connectivity index (χ4n) is 5.62. The summed E-state index contributed by atoms with van der Waals surface area (Å²) in [6.45, 7) is 1.90. The van der Waals surface area contributed by atoms with Gasteiger partial charge in [-0.1, -0.05) is 54.1 Å². The number of nitrogens with one attached hydrogen (secondary N) is 1. The molecule has 2 N–H and O–H groups in total. The van der Waals surface area contributed by atoms with Crippen LogP contribution in [-0.2, 0) is 6.42 Å². The molecule has 1 aromatic heterocycles. The molecule has 5 heteroatoms. The maximum absolute atomic E-state index is 11.5. The summed E-state index contributed by atoms with van der Waals surface area (Å²) < 4.78 is 0. The number of aryl methyl sites for hydroxylation is 1. The first-order valence-corrected chi connectivity index (χ1v) is 12.2. The quantitative estimate of drug-likeness (QED) is 0.462. The Morgan fingerprint density at radius 1 is 1.12 bits per heavy atom. The number of fused-ring (bicyclic) bond motifs is 3. The fourth-order valence-corrected chi connectivity index (χ4v) is 5.83. The van der Waals surface area contributed by atoms with Crippen LogP contribution in [0.15, 0.2) is 54.6 Å². The second-order valence-electron chi connectivity index (χ2n) is 9.65. The summed E-state index contributed by atoms with van der Waals surface area (Å²) in [5.74, 6) is 1.75. The van der Waals surface area contributed by atoms with Crippen LogP contribution in [0.25, 0.3) is 16.6 Å². The molecule has 6 rings (SSSR count). The van der Waals surface area contributed by atoms with Gasteiger partial charge in [-0.05, 0) is 74.9 Å². The number of rotatable bonds is 8. The van der Waals surface area contributed by atoms with E-state index in [1.807, 2.05) is 18.2 Å². The van der Waals surface area contributed by atoms with Crippen LogP contribution >= 0.6 is 11.6 Å². The molecule has 3 unspecified atom stereocenters. The number of aromatic amines is 1. The van der Waals surface area contributed by atoms with E-state index in [2.05, 4.69) is 58.3 Å². The van der Waals surface area contributed by atoms with Crippen molar-refractivity contribution in [2.24, 2.45) is 11.8 Å². The van der Waals surface area contributed by atoms with Crippen LogP contribution < -0.4 is 0 Å². The average Bonchev–Trinajstić information content (AvgIpc) is 3.23. The van der Waals surface area contributed by atoms with Gasteiger partial charge in [-0.2, -0.15) is 0 Å². The largest absolute Gasteiger partial charge is 0.389 e. The van der Waals surface area contributed by atoms with Crippen molar-refractivity contribution < 1.29 is 5.11 Å². The smallest absolute Gasteiger partial charge is 0.107 e. The normalized spacial score (nSPS) is 24.9. The molecule has 0 amide bonds. The number of aromatic nitrogens is 2. The predicted molar refractivity (Wildman–Crippen MR) is 132 cm³/mol. The minimum atomic E-state index is -0.565. The van der Waals surface area contributed by atoms with E-state index in [1.165, 1.54) is 17.6 Å². The number of hydrogen-bond acceptors (Lipinski definition) is 3. The molecule has 3 aromatic rings. The number of halogens is 1. The zero-order valence-corrected chi connectivity index (χ0v) is 19.5. The van der Waals surface area contributed by atoms with Crippen LogP contribution in [0.5, 0.6) is 0 Å². The Morgan fingerprint density at radius 3 is 2.72 bits per heavy atom. The topological polar surface area (TPSA) is 52.2 Å². The Morgan fingerprint density at radius 2 is 1.97 bits per heavy atom. The van der Waals surface area contributed by atoms with Gasteiger partial charge in [0.2, 0.25) is 0 Å². The summed E-state index contributed by atoms with van der Waals surface area (Å²) in [5, 5.41) is 12.2. The first-order chi connectivity index (χ1) is 15.5. The minimum absolute atomic E-state index is 0.274. The molecular weight excluding hydrogens is 418 g/mol. The van der Waals surface area contributed by atoms with Gasteiger partial charge >= 0.3 is 0 Å². The van der Waals surface area contributed by atoms with E-state index in [4.69, 9.17) is 11.6 Å². The summed E-state index contributed by atoms with van der Waals surface area (Å²) in [7, 11) is 2.16. The van der Waals surface area contributed by atoms with E-state index in [0.717, 1.165) is 62.1 Å². The molecule has 1 saturated carbocycles. The van der Waals surface area contributed by atoms with E-state index >= 15 is 0 Å². The molecule has 3 aliphatic carbocycles. The molecule has 2 bridgehead atoms. The highest BCUT2D eigenvalue weighted by Crippen LogP contribution is 2.51. The molecule has 168 valence electrons. The van der Waals surface area contributed by atoms with Gasteiger partial charge in [0, 0.05) is 18.9 Å². The second-order valence-corrected chi connectivity index (χ2v) is 10.1. The Bertz CT molecular complexity index is 1110. The average molecular weight is 450 g/mol. The lowest BCUT2D eigenvalue weighted by molar-refractivity contribution is -0.0574. The maximum atomic E-state index is 11.5. The zero-order chi connectivity index (χ0) is 22.1. The van der Waals surface area contributed by atoms with Crippen molar-refractivity contribution in [3.8, 4) is 0 Å². The number of benzene rings is 2. The van der Waals surface area contributed by atoms with Crippen molar-refractivity contribution in [3.05, 3.63) is 71.0 Å². The van der Waals surface area contributed by atoms with E-state index in [9.17, 15) is 5.11 Å². The van der Waals surface area contributed by atoms with Gasteiger partial charge in [-0.15, -0.1) is 0 Å². The highest BCUT2D eigenvalue weighted by Gasteiger charge is 2.46. The van der Waals surface area contributed by atoms with Gasteiger partial charge in [0.1, 0.15) is 11.3 Å². The van der Waals surface area contributed by atoms with E-state index < -0.39 is 5.60 Å².